The third kappa shape index (κ3) is 5.48. The molecule has 188 valence electrons. The number of benzene rings is 2. The van der Waals surface area contributed by atoms with Crippen LogP contribution in [-0.4, -0.2) is 52.1 Å². The number of hydrogen-bond donors (Lipinski definition) is 3. The number of halogens is 1. The van der Waals surface area contributed by atoms with E-state index in [0.717, 1.165) is 51.9 Å². The van der Waals surface area contributed by atoms with Crippen molar-refractivity contribution in [2.45, 2.75) is 38.5 Å². The first-order valence-corrected chi connectivity index (χ1v) is 12.5. The number of phenolic OH excluding ortho intramolecular Hbond substituents is 1. The molecule has 2 aliphatic rings. The quantitative estimate of drug-likeness (QED) is 0.456. The van der Waals surface area contributed by atoms with Crippen LogP contribution in [0.25, 0.3) is 0 Å². The molecule has 36 heavy (non-hydrogen) atoms. The number of nitrogens with zero attached hydrogens (tertiary/aromatic N) is 5. The van der Waals surface area contributed by atoms with Gasteiger partial charge in [-0.15, -0.1) is 0 Å². The third-order valence-electron chi connectivity index (χ3n) is 6.51. The highest BCUT2D eigenvalue weighted by Crippen LogP contribution is 2.27. The molecule has 2 aliphatic heterocycles. The van der Waals surface area contributed by atoms with E-state index in [-0.39, 0.29) is 17.0 Å². The number of hydrogen-bond acceptors (Lipinski definition) is 8. The van der Waals surface area contributed by atoms with E-state index in [9.17, 15) is 14.3 Å². The first-order chi connectivity index (χ1) is 17.6. The number of anilines is 5. The van der Waals surface area contributed by atoms with Crippen LogP contribution in [0.2, 0.25) is 0 Å². The number of para-hydroxylation sites is 1. The molecule has 0 spiro atoms. The Morgan fingerprint density at radius 2 is 1.44 bits per heavy atom. The van der Waals surface area contributed by atoms with Crippen LogP contribution < -0.4 is 20.4 Å². The number of piperidine rings is 2. The van der Waals surface area contributed by atoms with Crippen molar-refractivity contribution in [1.29, 1.82) is 0 Å². The third-order valence-corrected chi connectivity index (χ3v) is 6.51. The van der Waals surface area contributed by atoms with E-state index in [2.05, 4.69) is 30.4 Å². The Morgan fingerprint density at radius 3 is 2.03 bits per heavy atom. The number of aromatic nitrogens is 3. The monoisotopic (exact) mass is 491 g/mol. The Labute approximate surface area is 209 Å². The number of aromatic hydroxyl groups is 1. The molecule has 0 atom stereocenters. The number of nitrogens with one attached hydrogen (secondary N) is 2. The lowest BCUT2D eigenvalue weighted by molar-refractivity contribution is 0.102. The van der Waals surface area contributed by atoms with Crippen LogP contribution in [-0.2, 0) is 0 Å². The molecule has 2 fully saturated rings. The van der Waals surface area contributed by atoms with Crippen LogP contribution in [0.15, 0.2) is 42.5 Å². The summed E-state index contributed by atoms with van der Waals surface area (Å²) in [5.74, 6) is 0.289. The van der Waals surface area contributed by atoms with Crippen molar-refractivity contribution < 1.29 is 14.3 Å². The minimum atomic E-state index is -0.607. The summed E-state index contributed by atoms with van der Waals surface area (Å²) in [6, 6.07) is 10.4. The Morgan fingerprint density at radius 1 is 0.833 bits per heavy atom. The summed E-state index contributed by atoms with van der Waals surface area (Å²) in [7, 11) is 0. The fourth-order valence-corrected chi connectivity index (χ4v) is 4.56. The Bertz CT molecular complexity index is 1190. The molecule has 1 amide bonds. The molecule has 0 saturated carbocycles. The fraction of sp³-hybridized carbons (Fsp3) is 0.385. The van der Waals surface area contributed by atoms with Crippen molar-refractivity contribution in [1.82, 2.24) is 15.0 Å². The lowest BCUT2D eigenvalue weighted by Gasteiger charge is -2.30. The van der Waals surface area contributed by atoms with Crippen LogP contribution in [0.3, 0.4) is 0 Å². The Kier molecular flexibility index (Phi) is 7.11. The van der Waals surface area contributed by atoms with E-state index in [1.54, 1.807) is 12.1 Å². The molecule has 5 rings (SSSR count). The minimum Gasteiger partial charge on any atom is -0.507 e. The largest absolute Gasteiger partial charge is 0.507 e. The van der Waals surface area contributed by atoms with E-state index in [1.807, 2.05) is 0 Å². The Hall–Kier alpha value is -3.95. The highest BCUT2D eigenvalue weighted by molar-refractivity contribution is 6.06. The van der Waals surface area contributed by atoms with Crippen LogP contribution in [0.4, 0.5) is 33.6 Å². The van der Waals surface area contributed by atoms with Crippen molar-refractivity contribution >= 4 is 35.1 Å². The maximum Gasteiger partial charge on any atom is 0.259 e. The molecule has 1 aromatic heterocycles. The highest BCUT2D eigenvalue weighted by atomic mass is 19.1. The first kappa shape index (κ1) is 23.8. The zero-order valence-electron chi connectivity index (χ0n) is 20.1. The summed E-state index contributed by atoms with van der Waals surface area (Å²) in [6.45, 7) is 3.65. The summed E-state index contributed by atoms with van der Waals surface area (Å²) in [4.78, 5) is 31.1. The molecule has 9 nitrogen and oxygen atoms in total. The molecule has 3 N–H and O–H groups in total. The van der Waals surface area contributed by atoms with Crippen LogP contribution in [0.5, 0.6) is 5.75 Å². The average molecular weight is 492 g/mol. The average Bonchev–Trinajstić information content (AvgIpc) is 2.91. The van der Waals surface area contributed by atoms with Gasteiger partial charge in [0, 0.05) is 37.9 Å². The van der Waals surface area contributed by atoms with Gasteiger partial charge in [0.15, 0.2) is 0 Å². The first-order valence-electron chi connectivity index (χ1n) is 12.5. The minimum absolute atomic E-state index is 0.0301. The van der Waals surface area contributed by atoms with Gasteiger partial charge in [0.1, 0.15) is 11.6 Å². The second kappa shape index (κ2) is 10.8. The van der Waals surface area contributed by atoms with Gasteiger partial charge in [0.2, 0.25) is 17.8 Å². The van der Waals surface area contributed by atoms with Gasteiger partial charge in [0.25, 0.3) is 5.91 Å². The zero-order chi connectivity index (χ0) is 24.9. The predicted octanol–water partition coefficient (Wildman–Crippen LogP) is 4.69. The van der Waals surface area contributed by atoms with E-state index < -0.39 is 11.7 Å². The second-order valence-electron chi connectivity index (χ2n) is 9.15. The summed E-state index contributed by atoms with van der Waals surface area (Å²) in [5, 5.41) is 16.2. The molecular formula is C26H30FN7O2. The molecule has 3 aromatic rings. The number of phenols is 1. The maximum atomic E-state index is 13.9. The maximum absolute atomic E-state index is 13.9. The van der Waals surface area contributed by atoms with Gasteiger partial charge in [-0.3, -0.25) is 4.79 Å². The van der Waals surface area contributed by atoms with Crippen molar-refractivity contribution in [3.05, 3.63) is 53.8 Å². The number of rotatable bonds is 6. The normalized spacial score (nSPS) is 16.0. The molecule has 0 unspecified atom stereocenters. The van der Waals surface area contributed by atoms with E-state index >= 15 is 0 Å². The summed E-state index contributed by atoms with van der Waals surface area (Å²) in [5.41, 5.74) is 0.600. The molecule has 0 bridgehead atoms. The van der Waals surface area contributed by atoms with Gasteiger partial charge in [-0.1, -0.05) is 12.1 Å². The lowest BCUT2D eigenvalue weighted by atomic mass is 10.1. The standard InChI is InChI=1S/C26H30FN7O2/c27-20-9-3-4-10-21(20)29-23(36)19-12-11-18(17-22(19)35)28-24-30-25(33-13-5-1-6-14-33)32-26(31-24)34-15-7-2-8-16-34/h3-4,9-12,17,35H,1-2,5-8,13-16H2,(H,29,36)(H,28,30,31,32). The molecule has 3 heterocycles. The fourth-order valence-electron chi connectivity index (χ4n) is 4.56. The molecule has 2 saturated heterocycles. The van der Waals surface area contributed by atoms with Gasteiger partial charge < -0.3 is 25.5 Å². The van der Waals surface area contributed by atoms with Gasteiger partial charge in [-0.25, -0.2) is 4.39 Å². The van der Waals surface area contributed by atoms with Crippen molar-refractivity contribution in [3.63, 3.8) is 0 Å². The van der Waals surface area contributed by atoms with E-state index in [4.69, 9.17) is 4.98 Å². The predicted molar refractivity (Wildman–Crippen MR) is 138 cm³/mol. The Balaban J connectivity index is 1.37. The highest BCUT2D eigenvalue weighted by Gasteiger charge is 2.21. The van der Waals surface area contributed by atoms with Gasteiger partial charge in [0.05, 0.1) is 11.3 Å². The molecular weight excluding hydrogens is 461 g/mol. The SMILES string of the molecule is O=C(Nc1ccccc1F)c1ccc(Nc2nc(N3CCCCC3)nc(N3CCCCC3)n2)cc1O. The van der Waals surface area contributed by atoms with Crippen LogP contribution >= 0.6 is 0 Å². The van der Waals surface area contributed by atoms with E-state index in [1.165, 1.54) is 43.2 Å². The van der Waals surface area contributed by atoms with Gasteiger partial charge in [-0.2, -0.15) is 15.0 Å². The smallest absolute Gasteiger partial charge is 0.259 e. The summed E-state index contributed by atoms with van der Waals surface area (Å²) >= 11 is 0. The molecule has 2 aromatic carbocycles. The van der Waals surface area contributed by atoms with E-state index in [0.29, 0.717) is 23.5 Å². The molecule has 0 radical (unpaired) electrons. The van der Waals surface area contributed by atoms with Crippen LogP contribution in [0.1, 0.15) is 48.9 Å². The number of amides is 1. The van der Waals surface area contributed by atoms with Crippen LogP contribution in [0, 0.1) is 5.82 Å². The molecule has 0 aliphatic carbocycles. The van der Waals surface area contributed by atoms with Crippen molar-refractivity contribution in [3.8, 4) is 5.75 Å². The van der Waals surface area contributed by atoms with Gasteiger partial charge >= 0.3 is 0 Å². The number of carbonyl (C=O) groups excluding carboxylic acids is 1. The molecule has 10 heteroatoms. The summed E-state index contributed by atoms with van der Waals surface area (Å²) < 4.78 is 13.9. The zero-order valence-corrected chi connectivity index (χ0v) is 20.1. The van der Waals surface area contributed by atoms with Crippen molar-refractivity contribution in [2.75, 3.05) is 46.6 Å². The topological polar surface area (TPSA) is 107 Å². The van der Waals surface area contributed by atoms with Crippen molar-refractivity contribution in [2.24, 2.45) is 0 Å². The second-order valence-corrected chi connectivity index (χ2v) is 9.15. The number of carbonyl (C=O) groups is 1. The summed E-state index contributed by atoms with van der Waals surface area (Å²) in [6.07, 6.45) is 6.86. The van der Waals surface area contributed by atoms with Gasteiger partial charge in [-0.05, 0) is 62.8 Å². The lowest BCUT2D eigenvalue weighted by Crippen LogP contribution is -2.34.